The van der Waals surface area contributed by atoms with E-state index in [-0.39, 0.29) is 5.57 Å². The van der Waals surface area contributed by atoms with Gasteiger partial charge in [-0.15, -0.1) is 0 Å². The van der Waals surface area contributed by atoms with Gasteiger partial charge in [0.2, 0.25) is 0 Å². The molecule has 2 nitrogen and oxygen atoms in total. The van der Waals surface area contributed by atoms with Crippen molar-refractivity contribution in [3.8, 4) is 0 Å². The van der Waals surface area contributed by atoms with Gasteiger partial charge in [-0.1, -0.05) is 49.1 Å². The molecule has 0 spiro atoms. The third-order valence-electron chi connectivity index (χ3n) is 3.59. The molecule has 19 heavy (non-hydrogen) atoms. The molecule has 0 radical (unpaired) electrons. The molecule has 0 amide bonds. The summed E-state index contributed by atoms with van der Waals surface area (Å²) in [6.45, 7) is 3.62. The van der Waals surface area contributed by atoms with Crippen molar-refractivity contribution in [2.75, 3.05) is 0 Å². The van der Waals surface area contributed by atoms with Crippen molar-refractivity contribution in [3.63, 3.8) is 0 Å². The summed E-state index contributed by atoms with van der Waals surface area (Å²) >= 11 is 0. The van der Waals surface area contributed by atoms with Crippen molar-refractivity contribution in [1.82, 2.24) is 0 Å². The van der Waals surface area contributed by atoms with E-state index >= 15 is 0 Å². The molecule has 2 aromatic rings. The van der Waals surface area contributed by atoms with Crippen LogP contribution >= 0.6 is 0 Å². The van der Waals surface area contributed by atoms with E-state index in [4.69, 9.17) is 5.11 Å². The molecule has 0 heterocycles. The smallest absolute Gasteiger partial charge is 0.331 e. The lowest BCUT2D eigenvalue weighted by Crippen LogP contribution is -2.05. The summed E-state index contributed by atoms with van der Waals surface area (Å²) in [6.07, 6.45) is 5.55. The van der Waals surface area contributed by atoms with E-state index in [2.05, 4.69) is 43.0 Å². The molecule has 1 aliphatic carbocycles. The van der Waals surface area contributed by atoms with E-state index in [9.17, 15) is 4.79 Å². The second-order valence-corrected chi connectivity index (χ2v) is 4.85. The molecule has 2 heteroatoms. The minimum absolute atomic E-state index is 0.229. The number of hydrogen-bond acceptors (Lipinski definition) is 1. The van der Waals surface area contributed by atoms with Gasteiger partial charge in [-0.25, -0.2) is 4.79 Å². The van der Waals surface area contributed by atoms with Crippen LogP contribution in [-0.4, -0.2) is 11.1 Å². The van der Waals surface area contributed by atoms with Gasteiger partial charge < -0.3 is 5.11 Å². The Morgan fingerprint density at radius 2 is 2.11 bits per heavy atom. The van der Waals surface area contributed by atoms with Gasteiger partial charge in [0.25, 0.3) is 0 Å². The van der Waals surface area contributed by atoms with Crippen LogP contribution in [0.25, 0.3) is 16.8 Å². The van der Waals surface area contributed by atoms with Gasteiger partial charge in [-0.3, -0.25) is 0 Å². The molecule has 0 unspecified atom stereocenters. The molecule has 2 aromatic carbocycles. The topological polar surface area (TPSA) is 37.3 Å². The third-order valence-corrected chi connectivity index (χ3v) is 3.59. The van der Waals surface area contributed by atoms with Crippen LogP contribution < -0.4 is 0 Å². The average Bonchev–Trinajstić information content (AvgIpc) is 2.42. The molecule has 0 aromatic heterocycles. The van der Waals surface area contributed by atoms with E-state index in [0.717, 1.165) is 17.5 Å². The number of benzene rings is 2. The molecular weight excluding hydrogens is 236 g/mol. The molecule has 0 bridgehead atoms. The predicted octanol–water partition coefficient (Wildman–Crippen LogP) is 3.59. The number of allylic oxidation sites excluding steroid dienone is 1. The van der Waals surface area contributed by atoms with Crippen molar-refractivity contribution in [1.29, 1.82) is 0 Å². The van der Waals surface area contributed by atoms with Crippen molar-refractivity contribution in [3.05, 3.63) is 65.3 Å². The summed E-state index contributed by atoms with van der Waals surface area (Å²) < 4.78 is 0. The van der Waals surface area contributed by atoms with Crippen LogP contribution in [0.2, 0.25) is 0 Å². The Hall–Kier alpha value is -2.35. The highest BCUT2D eigenvalue weighted by molar-refractivity contribution is 5.97. The molecule has 0 saturated heterocycles. The summed E-state index contributed by atoms with van der Waals surface area (Å²) in [5.74, 6) is -0.930. The molecule has 0 saturated carbocycles. The van der Waals surface area contributed by atoms with Crippen LogP contribution in [0.3, 0.4) is 0 Å². The number of carboxylic acids is 1. The van der Waals surface area contributed by atoms with Crippen LogP contribution in [0.15, 0.2) is 48.6 Å². The van der Waals surface area contributed by atoms with E-state index in [0.29, 0.717) is 6.42 Å². The summed E-state index contributed by atoms with van der Waals surface area (Å²) in [4.78, 5) is 10.9. The maximum absolute atomic E-state index is 10.9. The van der Waals surface area contributed by atoms with Crippen LogP contribution in [0.4, 0.5) is 0 Å². The van der Waals surface area contributed by atoms with Crippen molar-refractivity contribution in [2.24, 2.45) is 0 Å². The average molecular weight is 250 g/mol. The molecule has 0 atom stereocenters. The van der Waals surface area contributed by atoms with Crippen molar-refractivity contribution >= 4 is 22.8 Å². The number of carbonyl (C=O) groups is 1. The highest BCUT2D eigenvalue weighted by Gasteiger charge is 2.14. The minimum Gasteiger partial charge on any atom is -0.478 e. The lowest BCUT2D eigenvalue weighted by atomic mass is 9.88. The lowest BCUT2D eigenvalue weighted by Gasteiger charge is -2.16. The molecule has 3 rings (SSSR count). The maximum atomic E-state index is 10.9. The molecule has 1 aliphatic rings. The fraction of sp³-hybridized carbons (Fsp3) is 0.118. The fourth-order valence-corrected chi connectivity index (χ4v) is 2.65. The minimum atomic E-state index is -0.930. The second kappa shape index (κ2) is 4.39. The zero-order valence-electron chi connectivity index (χ0n) is 10.5. The van der Waals surface area contributed by atoms with Gasteiger partial charge in [0.15, 0.2) is 0 Å². The summed E-state index contributed by atoms with van der Waals surface area (Å²) in [7, 11) is 0. The van der Waals surface area contributed by atoms with Crippen LogP contribution in [0, 0.1) is 0 Å². The Kier molecular flexibility index (Phi) is 2.71. The van der Waals surface area contributed by atoms with Gasteiger partial charge in [-0.05, 0) is 33.9 Å². The third kappa shape index (κ3) is 1.95. The van der Waals surface area contributed by atoms with Gasteiger partial charge in [0, 0.05) is 12.0 Å². The Bertz CT molecular complexity index is 723. The van der Waals surface area contributed by atoms with Gasteiger partial charge in [0.1, 0.15) is 0 Å². The summed E-state index contributed by atoms with van der Waals surface area (Å²) in [5.41, 5.74) is 3.70. The Balaban J connectivity index is 2.18. The standard InChI is InChI=1S/C17H14O2/c1-11(17(18)19)10-14-9-8-13-5-2-4-12-6-3-7-15(14)16(12)13/h2-5,7-9H,1,6,10H2,(H,18,19). The number of aliphatic carboxylic acids is 1. The van der Waals surface area contributed by atoms with Gasteiger partial charge in [-0.2, -0.15) is 0 Å². The number of hydrogen-bond donors (Lipinski definition) is 1. The van der Waals surface area contributed by atoms with Crippen LogP contribution in [-0.2, 0) is 17.6 Å². The largest absolute Gasteiger partial charge is 0.478 e. The molecule has 0 fully saturated rings. The number of rotatable bonds is 3. The van der Waals surface area contributed by atoms with E-state index < -0.39 is 5.97 Å². The quantitative estimate of drug-likeness (QED) is 0.845. The highest BCUT2D eigenvalue weighted by Crippen LogP contribution is 2.31. The second-order valence-electron chi connectivity index (χ2n) is 4.85. The first kappa shape index (κ1) is 11.7. The van der Waals surface area contributed by atoms with E-state index in [1.54, 1.807) is 0 Å². The Morgan fingerprint density at radius 3 is 2.89 bits per heavy atom. The monoisotopic (exact) mass is 250 g/mol. The summed E-state index contributed by atoms with van der Waals surface area (Å²) in [5, 5.41) is 11.4. The van der Waals surface area contributed by atoms with E-state index in [1.165, 1.54) is 16.3 Å². The van der Waals surface area contributed by atoms with E-state index in [1.807, 2.05) is 6.07 Å². The first-order valence-electron chi connectivity index (χ1n) is 6.28. The Labute approximate surface area is 111 Å². The predicted molar refractivity (Wildman–Crippen MR) is 77.2 cm³/mol. The molecule has 1 N–H and O–H groups in total. The zero-order chi connectivity index (χ0) is 13.4. The first-order chi connectivity index (χ1) is 9.16. The first-order valence-corrected chi connectivity index (χ1v) is 6.28. The van der Waals surface area contributed by atoms with Crippen LogP contribution in [0.5, 0.6) is 0 Å². The highest BCUT2D eigenvalue weighted by atomic mass is 16.4. The normalized spacial score (nSPS) is 12.6. The molecule has 0 aliphatic heterocycles. The Morgan fingerprint density at radius 1 is 1.26 bits per heavy atom. The van der Waals surface area contributed by atoms with Crippen molar-refractivity contribution in [2.45, 2.75) is 12.8 Å². The SMILES string of the molecule is C=C(Cc1ccc2cccc3c2c1C=CC3)C(=O)O. The fourth-order valence-electron chi connectivity index (χ4n) is 2.65. The zero-order valence-corrected chi connectivity index (χ0v) is 10.5. The lowest BCUT2D eigenvalue weighted by molar-refractivity contribution is -0.132. The van der Waals surface area contributed by atoms with Gasteiger partial charge in [0.05, 0.1) is 0 Å². The summed E-state index contributed by atoms with van der Waals surface area (Å²) in [6, 6.07) is 10.4. The van der Waals surface area contributed by atoms with Crippen LogP contribution in [0.1, 0.15) is 16.7 Å². The van der Waals surface area contributed by atoms with Gasteiger partial charge >= 0.3 is 5.97 Å². The molecular formula is C17H14O2. The molecule has 94 valence electrons. The number of carboxylic acid groups (broad SMARTS) is 1. The van der Waals surface area contributed by atoms with Crippen molar-refractivity contribution < 1.29 is 9.90 Å². The maximum Gasteiger partial charge on any atom is 0.331 e.